The third kappa shape index (κ3) is 4.49. The topological polar surface area (TPSA) is 89.7 Å². The molecule has 0 saturated carbocycles. The Bertz CT molecular complexity index is 1300. The van der Waals surface area contributed by atoms with Crippen molar-refractivity contribution in [2.45, 2.75) is 6.92 Å². The lowest BCUT2D eigenvalue weighted by Crippen LogP contribution is -2.37. The Hall–Kier alpha value is -3.98. The number of methoxy groups -OCH3 is 1. The zero-order chi connectivity index (χ0) is 22.6. The van der Waals surface area contributed by atoms with Gasteiger partial charge in [-0.3, -0.25) is 0 Å². The Balaban J connectivity index is 1.58. The van der Waals surface area contributed by atoms with Gasteiger partial charge in [0, 0.05) is 13.1 Å². The van der Waals surface area contributed by atoms with E-state index in [0.717, 1.165) is 24.3 Å². The molecular formula is C24H25N7O2. The lowest BCUT2D eigenvalue weighted by Gasteiger charge is -2.27. The third-order valence-corrected chi connectivity index (χ3v) is 5.39. The van der Waals surface area contributed by atoms with Crippen LogP contribution in [0.25, 0.3) is 11.2 Å². The molecule has 0 aliphatic carbocycles. The SMILES string of the molecule is COc1ccccc1Nc1nc(N2CCOCC2)nc2c1ncn2/N=C/c1cccc(C)c1. The first-order valence-corrected chi connectivity index (χ1v) is 10.8. The number of rotatable bonds is 6. The quantitative estimate of drug-likeness (QED) is 0.455. The zero-order valence-corrected chi connectivity index (χ0v) is 18.6. The van der Waals surface area contributed by atoms with E-state index in [4.69, 9.17) is 19.4 Å². The minimum Gasteiger partial charge on any atom is -0.495 e. The molecule has 3 heterocycles. The molecule has 0 atom stereocenters. The summed E-state index contributed by atoms with van der Waals surface area (Å²) < 4.78 is 12.7. The second-order valence-corrected chi connectivity index (χ2v) is 7.72. The molecule has 0 amide bonds. The normalized spacial score (nSPS) is 14.2. The fourth-order valence-electron chi connectivity index (χ4n) is 3.71. The van der Waals surface area contributed by atoms with Gasteiger partial charge in [0.15, 0.2) is 17.0 Å². The highest BCUT2D eigenvalue weighted by atomic mass is 16.5. The summed E-state index contributed by atoms with van der Waals surface area (Å²) in [6.07, 6.45) is 3.46. The van der Waals surface area contributed by atoms with E-state index in [9.17, 15) is 0 Å². The second kappa shape index (κ2) is 9.25. The van der Waals surface area contributed by atoms with Gasteiger partial charge in [-0.05, 0) is 24.6 Å². The van der Waals surface area contributed by atoms with E-state index in [1.807, 2.05) is 36.4 Å². The fraction of sp³-hybridized carbons (Fsp3) is 0.250. The number of aromatic nitrogens is 4. The van der Waals surface area contributed by atoms with Crippen molar-refractivity contribution in [1.82, 2.24) is 19.6 Å². The van der Waals surface area contributed by atoms with Crippen molar-refractivity contribution < 1.29 is 9.47 Å². The molecule has 9 nitrogen and oxygen atoms in total. The van der Waals surface area contributed by atoms with E-state index in [2.05, 4.69) is 39.4 Å². The van der Waals surface area contributed by atoms with Gasteiger partial charge >= 0.3 is 0 Å². The van der Waals surface area contributed by atoms with Gasteiger partial charge in [0.1, 0.15) is 12.1 Å². The Morgan fingerprint density at radius 1 is 1.09 bits per heavy atom. The predicted molar refractivity (Wildman–Crippen MR) is 129 cm³/mol. The molecule has 9 heteroatoms. The number of nitrogens with zero attached hydrogens (tertiary/aromatic N) is 6. The Morgan fingerprint density at radius 2 is 1.94 bits per heavy atom. The van der Waals surface area contributed by atoms with Gasteiger partial charge in [-0.1, -0.05) is 42.0 Å². The maximum atomic E-state index is 5.50. The molecule has 1 saturated heterocycles. The highest BCUT2D eigenvalue weighted by molar-refractivity contribution is 5.88. The first-order chi connectivity index (χ1) is 16.2. The van der Waals surface area contributed by atoms with Crippen molar-refractivity contribution in [2.75, 3.05) is 43.6 Å². The molecule has 33 heavy (non-hydrogen) atoms. The number of ether oxygens (including phenoxy) is 2. The molecule has 2 aromatic heterocycles. The average Bonchev–Trinajstić information content (AvgIpc) is 3.27. The molecule has 1 N–H and O–H groups in total. The van der Waals surface area contributed by atoms with Crippen LogP contribution in [0.2, 0.25) is 0 Å². The molecule has 1 aliphatic heterocycles. The molecule has 0 radical (unpaired) electrons. The average molecular weight is 444 g/mol. The van der Waals surface area contributed by atoms with Crippen molar-refractivity contribution in [3.8, 4) is 5.75 Å². The van der Waals surface area contributed by atoms with Gasteiger partial charge < -0.3 is 19.7 Å². The summed E-state index contributed by atoms with van der Waals surface area (Å²) in [4.78, 5) is 16.3. The summed E-state index contributed by atoms with van der Waals surface area (Å²) in [7, 11) is 1.64. The largest absolute Gasteiger partial charge is 0.495 e. The van der Waals surface area contributed by atoms with E-state index in [1.54, 1.807) is 24.3 Å². The van der Waals surface area contributed by atoms with Gasteiger partial charge in [-0.2, -0.15) is 15.1 Å². The Morgan fingerprint density at radius 3 is 2.76 bits per heavy atom. The summed E-state index contributed by atoms with van der Waals surface area (Å²) >= 11 is 0. The number of morpholine rings is 1. The first kappa shape index (κ1) is 20.9. The van der Waals surface area contributed by atoms with Gasteiger partial charge in [-0.15, -0.1) is 0 Å². The first-order valence-electron chi connectivity index (χ1n) is 10.8. The number of anilines is 3. The number of para-hydroxylation sites is 2. The minimum absolute atomic E-state index is 0.593. The van der Waals surface area contributed by atoms with Crippen molar-refractivity contribution in [2.24, 2.45) is 5.10 Å². The zero-order valence-electron chi connectivity index (χ0n) is 18.6. The van der Waals surface area contributed by atoms with Gasteiger partial charge in [0.2, 0.25) is 5.95 Å². The minimum atomic E-state index is 0.593. The highest BCUT2D eigenvalue weighted by Gasteiger charge is 2.20. The van der Waals surface area contributed by atoms with E-state index in [-0.39, 0.29) is 0 Å². The van der Waals surface area contributed by atoms with Gasteiger partial charge in [0.25, 0.3) is 0 Å². The van der Waals surface area contributed by atoms with Crippen LogP contribution >= 0.6 is 0 Å². The number of benzene rings is 2. The summed E-state index contributed by atoms with van der Waals surface area (Å²) in [5, 5.41) is 8.00. The van der Waals surface area contributed by atoms with Crippen LogP contribution in [0.5, 0.6) is 5.75 Å². The molecule has 168 valence electrons. The molecule has 1 aliphatic rings. The van der Waals surface area contributed by atoms with Crippen LogP contribution < -0.4 is 15.0 Å². The number of fused-ring (bicyclic) bond motifs is 1. The van der Waals surface area contributed by atoms with Gasteiger partial charge in [0.05, 0.1) is 32.2 Å². The van der Waals surface area contributed by atoms with Crippen LogP contribution in [0.4, 0.5) is 17.5 Å². The molecular weight excluding hydrogens is 418 g/mol. The number of imidazole rings is 1. The van der Waals surface area contributed by atoms with Gasteiger partial charge in [-0.25, -0.2) is 9.66 Å². The number of hydrogen-bond acceptors (Lipinski definition) is 8. The fourth-order valence-corrected chi connectivity index (χ4v) is 3.71. The third-order valence-electron chi connectivity index (χ3n) is 5.39. The van der Waals surface area contributed by atoms with E-state index < -0.39 is 0 Å². The summed E-state index contributed by atoms with van der Waals surface area (Å²) in [5.41, 5.74) is 4.22. The number of nitrogens with one attached hydrogen (secondary N) is 1. The second-order valence-electron chi connectivity index (χ2n) is 7.72. The monoisotopic (exact) mass is 443 g/mol. The van der Waals surface area contributed by atoms with Crippen LogP contribution in [0.15, 0.2) is 60.0 Å². The van der Waals surface area contributed by atoms with Crippen LogP contribution in [-0.2, 0) is 4.74 Å². The summed E-state index contributed by atoms with van der Waals surface area (Å²) in [6.45, 7) is 4.78. The van der Waals surface area contributed by atoms with Crippen molar-refractivity contribution >= 4 is 34.8 Å². The smallest absolute Gasteiger partial charge is 0.229 e. The van der Waals surface area contributed by atoms with E-state index in [0.29, 0.717) is 41.9 Å². The lowest BCUT2D eigenvalue weighted by molar-refractivity contribution is 0.122. The number of aryl methyl sites for hydroxylation is 1. The Labute approximate surface area is 191 Å². The van der Waals surface area contributed by atoms with Crippen LogP contribution in [0.3, 0.4) is 0 Å². The molecule has 0 bridgehead atoms. The van der Waals surface area contributed by atoms with Crippen LogP contribution in [0, 0.1) is 6.92 Å². The highest BCUT2D eigenvalue weighted by Crippen LogP contribution is 2.30. The summed E-state index contributed by atoms with van der Waals surface area (Å²) in [5.74, 6) is 1.92. The molecule has 4 aromatic rings. The lowest BCUT2D eigenvalue weighted by atomic mass is 10.2. The standard InChI is InChI=1S/C24H25N7O2/c1-17-6-5-7-18(14-17)15-26-31-16-25-21-22(27-19-8-3-4-9-20(19)32-2)28-24(29-23(21)31)30-10-12-33-13-11-30/h3-9,14-16H,10-13H2,1-2H3,(H,27,28,29)/b26-15+. The predicted octanol–water partition coefficient (Wildman–Crippen LogP) is 3.61. The van der Waals surface area contributed by atoms with Crippen LogP contribution in [-0.4, -0.2) is 59.3 Å². The summed E-state index contributed by atoms with van der Waals surface area (Å²) in [6, 6.07) is 15.9. The Kier molecular flexibility index (Phi) is 5.86. The maximum Gasteiger partial charge on any atom is 0.229 e. The van der Waals surface area contributed by atoms with Crippen molar-refractivity contribution in [3.63, 3.8) is 0 Å². The molecule has 5 rings (SSSR count). The molecule has 0 unspecified atom stereocenters. The van der Waals surface area contributed by atoms with Crippen molar-refractivity contribution in [1.29, 1.82) is 0 Å². The van der Waals surface area contributed by atoms with E-state index in [1.165, 1.54) is 5.56 Å². The molecule has 1 fully saturated rings. The molecule has 0 spiro atoms. The van der Waals surface area contributed by atoms with E-state index >= 15 is 0 Å². The van der Waals surface area contributed by atoms with Crippen molar-refractivity contribution in [3.05, 3.63) is 66.0 Å². The number of hydrogen-bond donors (Lipinski definition) is 1. The molecule has 2 aromatic carbocycles. The van der Waals surface area contributed by atoms with Crippen LogP contribution in [0.1, 0.15) is 11.1 Å². The maximum absolute atomic E-state index is 5.50.